The van der Waals surface area contributed by atoms with E-state index in [0.29, 0.717) is 10.7 Å². The summed E-state index contributed by atoms with van der Waals surface area (Å²) in [5, 5.41) is 9.43. The molecule has 3 aromatic rings. The van der Waals surface area contributed by atoms with Crippen LogP contribution >= 0.6 is 12.6 Å². The topological polar surface area (TPSA) is 43.1 Å². The molecule has 2 aromatic heterocycles. The van der Waals surface area contributed by atoms with E-state index in [2.05, 4.69) is 27.9 Å². The second kappa shape index (κ2) is 2.68. The molecule has 68 valence electrons. The maximum atomic E-state index is 4.23. The quantitative estimate of drug-likeness (QED) is 0.563. The number of rotatable bonds is 0. The Morgan fingerprint density at radius 1 is 1.21 bits per heavy atom. The molecule has 5 heteroatoms. The Kier molecular flexibility index (Phi) is 1.49. The van der Waals surface area contributed by atoms with E-state index in [-0.39, 0.29) is 0 Å². The first-order chi connectivity index (χ1) is 6.86. The monoisotopic (exact) mass is 202 g/mol. The summed E-state index contributed by atoms with van der Waals surface area (Å²) in [5.41, 5.74) is 1.68. The Balaban J connectivity index is 2.61. The summed E-state index contributed by atoms with van der Waals surface area (Å²) in [6.07, 6.45) is 1.80. The summed E-state index contributed by atoms with van der Waals surface area (Å²) in [6, 6.07) is 7.89. The number of para-hydroxylation sites is 1. The van der Waals surface area contributed by atoms with Crippen molar-refractivity contribution in [3.05, 3.63) is 30.5 Å². The molecule has 4 nitrogen and oxygen atoms in total. The molecule has 0 radical (unpaired) electrons. The number of nitrogens with zero attached hydrogens (tertiary/aromatic N) is 4. The van der Waals surface area contributed by atoms with Gasteiger partial charge in [0.15, 0.2) is 10.7 Å². The molecule has 0 amide bonds. The average molecular weight is 202 g/mol. The molecule has 0 atom stereocenters. The van der Waals surface area contributed by atoms with Gasteiger partial charge in [0.1, 0.15) is 0 Å². The molecule has 14 heavy (non-hydrogen) atoms. The maximum Gasteiger partial charge on any atom is 0.190 e. The minimum absolute atomic E-state index is 0.552. The summed E-state index contributed by atoms with van der Waals surface area (Å²) in [5.74, 6) is 0. The predicted octanol–water partition coefficient (Wildman–Crippen LogP) is 1.57. The molecule has 1 aromatic carbocycles. The molecule has 0 aliphatic carbocycles. The van der Waals surface area contributed by atoms with Gasteiger partial charge in [-0.3, -0.25) is 0 Å². The van der Waals surface area contributed by atoms with E-state index in [9.17, 15) is 0 Å². The van der Waals surface area contributed by atoms with E-state index in [1.54, 1.807) is 10.7 Å². The van der Waals surface area contributed by atoms with Crippen LogP contribution in [0.15, 0.2) is 35.5 Å². The second-order valence-electron chi connectivity index (χ2n) is 2.97. The van der Waals surface area contributed by atoms with Crippen LogP contribution in [0.25, 0.3) is 16.6 Å². The number of aromatic nitrogens is 4. The highest BCUT2D eigenvalue weighted by Crippen LogP contribution is 2.16. The molecule has 0 saturated carbocycles. The van der Waals surface area contributed by atoms with Gasteiger partial charge in [0.05, 0.1) is 5.52 Å². The van der Waals surface area contributed by atoms with E-state index in [1.165, 1.54) is 0 Å². The summed E-state index contributed by atoms with van der Waals surface area (Å²) < 4.78 is 1.69. The molecule has 0 spiro atoms. The zero-order valence-electron chi connectivity index (χ0n) is 7.12. The van der Waals surface area contributed by atoms with E-state index < -0.39 is 0 Å². The van der Waals surface area contributed by atoms with Crippen molar-refractivity contribution in [1.82, 2.24) is 19.8 Å². The van der Waals surface area contributed by atoms with Crippen molar-refractivity contribution in [1.29, 1.82) is 0 Å². The van der Waals surface area contributed by atoms with Gasteiger partial charge >= 0.3 is 0 Å². The SMILES string of the molecule is Sc1nnn2c1ncc1ccccc12. The molecule has 0 aliphatic heterocycles. The van der Waals surface area contributed by atoms with Crippen LogP contribution in [0.5, 0.6) is 0 Å². The Bertz CT molecular complexity index is 616. The van der Waals surface area contributed by atoms with Crippen molar-refractivity contribution < 1.29 is 0 Å². The summed E-state index contributed by atoms with van der Waals surface area (Å²) >= 11 is 4.17. The second-order valence-corrected chi connectivity index (χ2v) is 3.39. The van der Waals surface area contributed by atoms with Crippen molar-refractivity contribution in [3.63, 3.8) is 0 Å². The number of hydrogen-bond donors (Lipinski definition) is 1. The zero-order valence-corrected chi connectivity index (χ0v) is 8.02. The first-order valence-corrected chi connectivity index (χ1v) is 4.59. The van der Waals surface area contributed by atoms with Crippen LogP contribution in [0.2, 0.25) is 0 Å². The van der Waals surface area contributed by atoms with Crippen molar-refractivity contribution in [2.24, 2.45) is 0 Å². The van der Waals surface area contributed by atoms with Crippen LogP contribution in [0.3, 0.4) is 0 Å². The van der Waals surface area contributed by atoms with Crippen LogP contribution in [0.4, 0.5) is 0 Å². The zero-order chi connectivity index (χ0) is 9.54. The van der Waals surface area contributed by atoms with Crippen LogP contribution in [0.1, 0.15) is 0 Å². The van der Waals surface area contributed by atoms with Crippen LogP contribution in [-0.4, -0.2) is 19.8 Å². The lowest BCUT2D eigenvalue weighted by molar-refractivity contribution is 0.859. The Morgan fingerprint density at radius 2 is 2.07 bits per heavy atom. The summed E-state index contributed by atoms with van der Waals surface area (Å²) in [4.78, 5) is 4.23. The highest BCUT2D eigenvalue weighted by molar-refractivity contribution is 7.80. The first-order valence-electron chi connectivity index (χ1n) is 4.14. The number of thiol groups is 1. The third-order valence-electron chi connectivity index (χ3n) is 2.12. The average Bonchev–Trinajstić information content (AvgIpc) is 2.61. The summed E-state index contributed by atoms with van der Waals surface area (Å²) in [6.45, 7) is 0. The van der Waals surface area contributed by atoms with Crippen LogP contribution < -0.4 is 0 Å². The third kappa shape index (κ3) is 0.927. The molecule has 3 rings (SSSR count). The molecule has 2 heterocycles. The van der Waals surface area contributed by atoms with Gasteiger partial charge < -0.3 is 0 Å². The Labute approximate surface area is 85.0 Å². The standard InChI is InChI=1S/C9H6N4S/c14-9-8-10-5-6-3-1-2-4-7(6)13(8)12-11-9/h1-5,14H. The minimum atomic E-state index is 0.552. The lowest BCUT2D eigenvalue weighted by atomic mass is 10.2. The lowest BCUT2D eigenvalue weighted by Gasteiger charge is -1.98. The van der Waals surface area contributed by atoms with E-state index in [1.807, 2.05) is 24.3 Å². The fourth-order valence-corrected chi connectivity index (χ4v) is 1.66. The minimum Gasteiger partial charge on any atom is -0.234 e. The molecule has 0 saturated heterocycles. The van der Waals surface area contributed by atoms with Crippen molar-refractivity contribution >= 4 is 29.2 Å². The molecule has 0 fully saturated rings. The highest BCUT2D eigenvalue weighted by Gasteiger charge is 2.05. The number of benzene rings is 1. The van der Waals surface area contributed by atoms with Gasteiger partial charge in [0.25, 0.3) is 0 Å². The third-order valence-corrected chi connectivity index (χ3v) is 2.41. The first kappa shape index (κ1) is 7.75. The van der Waals surface area contributed by atoms with E-state index in [0.717, 1.165) is 10.9 Å². The maximum absolute atomic E-state index is 4.23. The van der Waals surface area contributed by atoms with E-state index in [4.69, 9.17) is 0 Å². The molecule has 0 bridgehead atoms. The van der Waals surface area contributed by atoms with Gasteiger partial charge in [-0.15, -0.1) is 17.7 Å². The predicted molar refractivity (Wildman–Crippen MR) is 55.5 cm³/mol. The molecular weight excluding hydrogens is 196 g/mol. The Hall–Kier alpha value is -1.62. The molecule has 0 aliphatic rings. The smallest absolute Gasteiger partial charge is 0.190 e. The van der Waals surface area contributed by atoms with Crippen molar-refractivity contribution in [3.8, 4) is 0 Å². The fraction of sp³-hybridized carbons (Fsp3) is 0. The summed E-state index contributed by atoms with van der Waals surface area (Å²) in [7, 11) is 0. The van der Waals surface area contributed by atoms with Crippen LogP contribution in [0, 0.1) is 0 Å². The van der Waals surface area contributed by atoms with Gasteiger partial charge in [-0.1, -0.05) is 23.4 Å². The van der Waals surface area contributed by atoms with Crippen LogP contribution in [-0.2, 0) is 0 Å². The number of hydrogen-bond acceptors (Lipinski definition) is 4. The van der Waals surface area contributed by atoms with Crippen molar-refractivity contribution in [2.45, 2.75) is 5.03 Å². The molecule has 0 unspecified atom stereocenters. The van der Waals surface area contributed by atoms with Crippen molar-refractivity contribution in [2.75, 3.05) is 0 Å². The number of fused-ring (bicyclic) bond motifs is 3. The van der Waals surface area contributed by atoms with Gasteiger partial charge in [0, 0.05) is 11.6 Å². The lowest BCUT2D eigenvalue weighted by Crippen LogP contribution is -1.92. The Morgan fingerprint density at radius 3 is 3.00 bits per heavy atom. The van der Waals surface area contributed by atoms with Gasteiger partial charge in [-0.05, 0) is 6.07 Å². The fourth-order valence-electron chi connectivity index (χ4n) is 1.46. The largest absolute Gasteiger partial charge is 0.234 e. The highest BCUT2D eigenvalue weighted by atomic mass is 32.1. The van der Waals surface area contributed by atoms with Gasteiger partial charge in [-0.25, -0.2) is 4.98 Å². The van der Waals surface area contributed by atoms with Gasteiger partial charge in [-0.2, -0.15) is 4.52 Å². The van der Waals surface area contributed by atoms with E-state index >= 15 is 0 Å². The molecular formula is C9H6N4S. The molecule has 0 N–H and O–H groups in total. The normalized spacial score (nSPS) is 11.2. The van der Waals surface area contributed by atoms with Gasteiger partial charge in [0.2, 0.25) is 0 Å².